The lowest BCUT2D eigenvalue weighted by atomic mass is 10.1. The zero-order chi connectivity index (χ0) is 24.8. The van der Waals surface area contributed by atoms with E-state index in [-0.39, 0.29) is 23.3 Å². The highest BCUT2D eigenvalue weighted by atomic mass is 35.5. The van der Waals surface area contributed by atoms with Gasteiger partial charge in [0.15, 0.2) is 0 Å². The third-order valence-corrected chi connectivity index (χ3v) is 5.57. The number of benzene rings is 1. The van der Waals surface area contributed by atoms with Crippen LogP contribution in [0.25, 0.3) is 0 Å². The van der Waals surface area contributed by atoms with Crippen LogP contribution in [-0.4, -0.2) is 45.7 Å². The summed E-state index contributed by atoms with van der Waals surface area (Å²) in [4.78, 5) is 44.8. The van der Waals surface area contributed by atoms with Crippen molar-refractivity contribution in [2.24, 2.45) is 0 Å². The number of nitrogens with zero attached hydrogens (tertiary/aromatic N) is 1. The zero-order valence-electron chi connectivity index (χ0n) is 19.3. The smallest absolute Gasteiger partial charge is 0.274 e. The van der Waals surface area contributed by atoms with Crippen molar-refractivity contribution in [3.63, 3.8) is 0 Å². The van der Waals surface area contributed by atoms with Gasteiger partial charge in [-0.1, -0.05) is 6.92 Å². The lowest BCUT2D eigenvalue weighted by Crippen LogP contribution is -2.27. The second-order valence-corrected chi connectivity index (χ2v) is 8.25. The summed E-state index contributed by atoms with van der Waals surface area (Å²) in [5, 5.41) is 15.3. The topological polar surface area (TPSA) is 130 Å². The molecule has 3 amide bonds. The molecule has 0 radical (unpaired) electrons. The molecule has 0 fully saturated rings. The van der Waals surface area contributed by atoms with E-state index in [2.05, 4.69) is 20.6 Å². The molecule has 0 aliphatic heterocycles. The van der Waals surface area contributed by atoms with Crippen molar-refractivity contribution in [3.8, 4) is 5.75 Å². The van der Waals surface area contributed by atoms with Gasteiger partial charge < -0.3 is 30.6 Å². The lowest BCUT2D eigenvalue weighted by molar-refractivity contribution is -0.116. The van der Waals surface area contributed by atoms with Crippen molar-refractivity contribution < 1.29 is 19.5 Å². The van der Waals surface area contributed by atoms with Crippen LogP contribution in [0.1, 0.15) is 51.9 Å². The summed E-state index contributed by atoms with van der Waals surface area (Å²) in [6.45, 7) is 3.66. The molecule has 3 rings (SSSR count). The molecule has 0 spiro atoms. The molecule has 0 atom stereocenters. The van der Waals surface area contributed by atoms with Gasteiger partial charge in [-0.15, -0.1) is 11.6 Å². The molecule has 3 aromatic rings. The summed E-state index contributed by atoms with van der Waals surface area (Å²) >= 11 is 5.86. The molecule has 34 heavy (non-hydrogen) atoms. The molecule has 0 saturated carbocycles. The summed E-state index contributed by atoms with van der Waals surface area (Å²) < 4.78 is 0. The molecular weight excluding hydrogens is 458 g/mol. The third kappa shape index (κ3) is 5.60. The van der Waals surface area contributed by atoms with Crippen LogP contribution in [-0.2, 0) is 11.2 Å². The number of hydrogen-bond donors (Lipinski definition) is 5. The summed E-state index contributed by atoms with van der Waals surface area (Å²) in [6, 6.07) is 6.29. The van der Waals surface area contributed by atoms with Crippen molar-refractivity contribution in [2.45, 2.75) is 33.1 Å². The van der Waals surface area contributed by atoms with Crippen LogP contribution >= 0.6 is 11.6 Å². The van der Waals surface area contributed by atoms with Crippen LogP contribution in [0.15, 0.2) is 36.7 Å². The standard InChI is InChI=1S/C24H28ClN5O4/c1-4-5-21(32)29-19-13-27-22(14(19)2)23(33)28-16-11-18(26-12-16)24(34)30(3)20-7-6-17(31)10-15(20)8-9-25/h6-7,10-13,26-27,31H,4-5,8-9H2,1-3H3,(H,28,33)(H,29,32). The van der Waals surface area contributed by atoms with E-state index < -0.39 is 5.91 Å². The van der Waals surface area contributed by atoms with E-state index >= 15 is 0 Å². The number of H-pyrrole nitrogens is 2. The maximum Gasteiger partial charge on any atom is 0.274 e. The van der Waals surface area contributed by atoms with Gasteiger partial charge >= 0.3 is 0 Å². The molecular formula is C24H28ClN5O4. The Labute approximate surface area is 202 Å². The van der Waals surface area contributed by atoms with Crippen LogP contribution < -0.4 is 15.5 Å². The van der Waals surface area contributed by atoms with Crippen LogP contribution in [0, 0.1) is 6.92 Å². The molecule has 0 aliphatic rings. The molecule has 0 unspecified atom stereocenters. The van der Waals surface area contributed by atoms with Gasteiger partial charge in [0.2, 0.25) is 5.91 Å². The maximum atomic E-state index is 13.0. The molecule has 2 heterocycles. The number of aromatic nitrogens is 2. The number of nitrogens with one attached hydrogen (secondary N) is 4. The highest BCUT2D eigenvalue weighted by Crippen LogP contribution is 2.27. The minimum atomic E-state index is -0.400. The average Bonchev–Trinajstić information content (AvgIpc) is 3.40. The van der Waals surface area contributed by atoms with Gasteiger partial charge in [0.25, 0.3) is 11.8 Å². The molecule has 180 valence electrons. The number of rotatable bonds is 9. The fourth-order valence-electron chi connectivity index (χ4n) is 3.58. The van der Waals surface area contributed by atoms with Crippen molar-refractivity contribution in [3.05, 3.63) is 59.2 Å². The molecule has 9 nitrogen and oxygen atoms in total. The second-order valence-electron chi connectivity index (χ2n) is 7.87. The van der Waals surface area contributed by atoms with E-state index in [9.17, 15) is 19.5 Å². The number of carbonyl (C=O) groups excluding carboxylic acids is 3. The summed E-state index contributed by atoms with van der Waals surface area (Å²) in [6.07, 6.45) is 4.73. The van der Waals surface area contributed by atoms with Gasteiger partial charge in [0, 0.05) is 43.0 Å². The van der Waals surface area contributed by atoms with Crippen molar-refractivity contribution in [1.82, 2.24) is 9.97 Å². The zero-order valence-corrected chi connectivity index (χ0v) is 20.0. The Kier molecular flexibility index (Phi) is 8.01. The van der Waals surface area contributed by atoms with Crippen LogP contribution in [0.4, 0.5) is 17.1 Å². The maximum absolute atomic E-state index is 13.0. The highest BCUT2D eigenvalue weighted by molar-refractivity contribution is 6.18. The SMILES string of the molecule is CCCC(=O)Nc1c[nH]c(C(=O)Nc2c[nH]c(C(=O)N(C)c3ccc(O)cc3CCCl)c2)c1C. The number of anilines is 3. The highest BCUT2D eigenvalue weighted by Gasteiger charge is 2.20. The monoisotopic (exact) mass is 485 g/mol. The number of phenols is 1. The van der Waals surface area contributed by atoms with E-state index in [1.807, 2.05) is 6.92 Å². The number of aromatic hydroxyl groups is 1. The molecule has 10 heteroatoms. The number of alkyl halides is 1. The van der Waals surface area contributed by atoms with Crippen molar-refractivity contribution in [2.75, 3.05) is 28.5 Å². The Morgan fingerprint density at radius 1 is 1.12 bits per heavy atom. The summed E-state index contributed by atoms with van der Waals surface area (Å²) in [5.74, 6) is -0.388. The first kappa shape index (κ1) is 24.9. The van der Waals surface area contributed by atoms with E-state index in [4.69, 9.17) is 11.6 Å². The number of aromatic amines is 2. The first-order valence-electron chi connectivity index (χ1n) is 10.9. The average molecular weight is 486 g/mol. The number of amides is 3. The lowest BCUT2D eigenvalue weighted by Gasteiger charge is -2.20. The van der Waals surface area contributed by atoms with Crippen LogP contribution in [0.2, 0.25) is 0 Å². The largest absolute Gasteiger partial charge is 0.508 e. The predicted molar refractivity (Wildman–Crippen MR) is 133 cm³/mol. The number of phenolic OH excluding ortho intramolecular Hbond substituents is 1. The second kappa shape index (κ2) is 10.9. The molecule has 0 saturated heterocycles. The number of carbonyl (C=O) groups is 3. The first-order valence-corrected chi connectivity index (χ1v) is 11.4. The Hall–Kier alpha value is -3.72. The van der Waals surface area contributed by atoms with Crippen molar-refractivity contribution in [1.29, 1.82) is 0 Å². The van der Waals surface area contributed by atoms with E-state index in [1.165, 1.54) is 17.2 Å². The summed E-state index contributed by atoms with van der Waals surface area (Å²) in [5.41, 5.74) is 3.55. The Morgan fingerprint density at radius 2 is 1.88 bits per heavy atom. The fourth-order valence-corrected chi connectivity index (χ4v) is 3.78. The number of aryl methyl sites for hydroxylation is 1. The normalized spacial score (nSPS) is 10.7. The van der Waals surface area contributed by atoms with Crippen LogP contribution in [0.3, 0.4) is 0 Å². The molecule has 0 aliphatic carbocycles. The van der Waals surface area contributed by atoms with Gasteiger partial charge in [-0.25, -0.2) is 0 Å². The molecule has 1 aromatic carbocycles. The Balaban J connectivity index is 1.71. The quantitative estimate of drug-likeness (QED) is 0.287. The van der Waals surface area contributed by atoms with E-state index in [1.54, 1.807) is 38.4 Å². The van der Waals surface area contributed by atoms with E-state index in [0.29, 0.717) is 47.0 Å². The van der Waals surface area contributed by atoms with Gasteiger partial charge in [-0.05, 0) is 49.6 Å². The van der Waals surface area contributed by atoms with E-state index in [0.717, 1.165) is 12.0 Å². The molecule has 5 N–H and O–H groups in total. The number of hydrogen-bond acceptors (Lipinski definition) is 4. The van der Waals surface area contributed by atoms with Gasteiger partial charge in [0.1, 0.15) is 17.1 Å². The van der Waals surface area contributed by atoms with Crippen molar-refractivity contribution >= 4 is 46.4 Å². The predicted octanol–water partition coefficient (Wildman–Crippen LogP) is 4.41. The molecule has 2 aromatic heterocycles. The Morgan fingerprint density at radius 3 is 2.59 bits per heavy atom. The van der Waals surface area contributed by atoms with Crippen LogP contribution in [0.5, 0.6) is 5.75 Å². The molecule has 0 bridgehead atoms. The minimum absolute atomic E-state index is 0.0993. The fraction of sp³-hybridized carbons (Fsp3) is 0.292. The Bertz CT molecular complexity index is 1200. The first-order chi connectivity index (χ1) is 16.2. The summed E-state index contributed by atoms with van der Waals surface area (Å²) in [7, 11) is 1.63. The number of halogens is 1. The third-order valence-electron chi connectivity index (χ3n) is 5.38. The van der Waals surface area contributed by atoms with Gasteiger partial charge in [-0.3, -0.25) is 14.4 Å². The minimum Gasteiger partial charge on any atom is -0.508 e. The van der Waals surface area contributed by atoms with Gasteiger partial charge in [0.05, 0.1) is 11.4 Å². The van der Waals surface area contributed by atoms with Gasteiger partial charge in [-0.2, -0.15) is 0 Å².